The molecule has 0 aromatic heterocycles. The molecule has 0 bridgehead atoms. The highest BCUT2D eigenvalue weighted by molar-refractivity contribution is 5.82. The molecule has 1 atom stereocenters. The molecule has 4 N–H and O–H groups in total. The molecule has 1 aliphatic rings. The molecule has 6 heteroatoms. The number of hydrogen-bond acceptors (Lipinski definition) is 3. The van der Waals surface area contributed by atoms with Crippen molar-refractivity contribution in [1.29, 1.82) is 0 Å². The average molecular weight is 264 g/mol. The third-order valence-corrected chi connectivity index (χ3v) is 3.17. The number of amides is 2. The summed E-state index contributed by atoms with van der Waals surface area (Å²) in [5.74, 6) is -1.26. The van der Waals surface area contributed by atoms with Crippen LogP contribution in [0.1, 0.15) is 11.1 Å². The molecule has 0 aliphatic heterocycles. The fourth-order valence-electron chi connectivity index (χ4n) is 2.23. The van der Waals surface area contributed by atoms with E-state index >= 15 is 0 Å². The predicted molar refractivity (Wildman–Crippen MR) is 67.8 cm³/mol. The lowest BCUT2D eigenvalue weighted by molar-refractivity contribution is -0.140. The fraction of sp³-hybridized carbons (Fsp3) is 0.385. The van der Waals surface area contributed by atoms with Crippen molar-refractivity contribution in [3.63, 3.8) is 0 Å². The fourth-order valence-corrected chi connectivity index (χ4v) is 2.23. The third-order valence-electron chi connectivity index (χ3n) is 3.17. The molecule has 1 aromatic rings. The summed E-state index contributed by atoms with van der Waals surface area (Å²) in [6.07, 6.45) is 1.47. The number of benzene rings is 1. The second-order valence-electron chi connectivity index (χ2n) is 4.57. The van der Waals surface area contributed by atoms with Gasteiger partial charge in [0.1, 0.15) is 0 Å². The van der Waals surface area contributed by atoms with Crippen molar-refractivity contribution in [3.05, 3.63) is 35.4 Å². The van der Waals surface area contributed by atoms with E-state index in [2.05, 4.69) is 10.6 Å². The van der Waals surface area contributed by atoms with Crippen LogP contribution in [-0.2, 0) is 17.6 Å². The first-order valence-corrected chi connectivity index (χ1v) is 6.07. The van der Waals surface area contributed by atoms with Crippen LogP contribution in [-0.4, -0.2) is 40.9 Å². The van der Waals surface area contributed by atoms with Crippen molar-refractivity contribution in [1.82, 2.24) is 10.6 Å². The van der Waals surface area contributed by atoms with Crippen molar-refractivity contribution in [2.45, 2.75) is 24.9 Å². The Morgan fingerprint density at radius 2 is 1.84 bits per heavy atom. The Morgan fingerprint density at radius 3 is 2.32 bits per heavy atom. The molecule has 0 radical (unpaired) electrons. The first-order valence-electron chi connectivity index (χ1n) is 6.07. The summed E-state index contributed by atoms with van der Waals surface area (Å²) in [5.41, 5.74) is 2.40. The second-order valence-corrected chi connectivity index (χ2v) is 4.57. The number of fused-ring (bicyclic) bond motifs is 1. The van der Waals surface area contributed by atoms with Gasteiger partial charge in [-0.1, -0.05) is 24.3 Å². The van der Waals surface area contributed by atoms with Gasteiger partial charge in [-0.25, -0.2) is 9.59 Å². The first kappa shape index (κ1) is 13.4. The first-order chi connectivity index (χ1) is 9.10. The van der Waals surface area contributed by atoms with Crippen LogP contribution in [0.3, 0.4) is 0 Å². The van der Waals surface area contributed by atoms with Crippen molar-refractivity contribution >= 4 is 12.0 Å². The number of hydrogen-bond donors (Lipinski definition) is 4. The summed E-state index contributed by atoms with van der Waals surface area (Å²) < 4.78 is 0. The molecule has 1 aromatic carbocycles. The van der Waals surface area contributed by atoms with E-state index in [1.807, 2.05) is 24.3 Å². The molecule has 0 fully saturated rings. The smallest absolute Gasteiger partial charge is 0.328 e. The Hall–Kier alpha value is -2.08. The van der Waals surface area contributed by atoms with E-state index in [0.717, 1.165) is 12.8 Å². The standard InChI is InChI=1S/C13H16N2O4/c16-7-11(12(17)18)15-13(19)14-10-5-8-3-1-2-4-9(8)6-10/h1-4,10-11,16H,5-7H2,(H,17,18)(H2,14,15,19)/t11-/m1/s1. The second kappa shape index (κ2) is 5.71. The molecular formula is C13H16N2O4. The summed E-state index contributed by atoms with van der Waals surface area (Å²) in [4.78, 5) is 22.3. The highest BCUT2D eigenvalue weighted by Gasteiger charge is 2.24. The Kier molecular flexibility index (Phi) is 4.01. The number of aliphatic hydroxyl groups excluding tert-OH is 1. The van der Waals surface area contributed by atoms with Gasteiger partial charge in [0.15, 0.2) is 6.04 Å². The number of nitrogens with one attached hydrogen (secondary N) is 2. The predicted octanol–water partition coefficient (Wildman–Crippen LogP) is -0.102. The van der Waals surface area contributed by atoms with Crippen LogP contribution in [0.5, 0.6) is 0 Å². The van der Waals surface area contributed by atoms with Gasteiger partial charge in [0, 0.05) is 6.04 Å². The summed E-state index contributed by atoms with van der Waals surface area (Å²) >= 11 is 0. The van der Waals surface area contributed by atoms with Crippen molar-refractivity contribution in [2.75, 3.05) is 6.61 Å². The Morgan fingerprint density at radius 1 is 1.26 bits per heavy atom. The summed E-state index contributed by atoms with van der Waals surface area (Å²) in [7, 11) is 0. The van der Waals surface area contributed by atoms with E-state index in [1.54, 1.807) is 0 Å². The van der Waals surface area contributed by atoms with Gasteiger partial charge < -0.3 is 20.8 Å². The van der Waals surface area contributed by atoms with Gasteiger partial charge in [0.05, 0.1) is 6.61 Å². The van der Waals surface area contributed by atoms with Crippen molar-refractivity contribution in [3.8, 4) is 0 Å². The van der Waals surface area contributed by atoms with Crippen LogP contribution in [0, 0.1) is 0 Å². The van der Waals surface area contributed by atoms with Gasteiger partial charge >= 0.3 is 12.0 Å². The Labute approximate surface area is 110 Å². The van der Waals surface area contributed by atoms with Crippen LogP contribution in [0.15, 0.2) is 24.3 Å². The SMILES string of the molecule is O=C(NC1Cc2ccccc2C1)N[C@H](CO)C(=O)O. The maximum atomic E-state index is 11.6. The molecule has 19 heavy (non-hydrogen) atoms. The minimum absolute atomic E-state index is 0.0365. The number of urea groups is 1. The Bertz CT molecular complexity index is 464. The molecule has 2 amide bonds. The number of carbonyl (C=O) groups excluding carboxylic acids is 1. The molecule has 0 spiro atoms. The summed E-state index contributed by atoms with van der Waals surface area (Å²) in [6, 6.07) is 6.06. The van der Waals surface area contributed by atoms with Gasteiger partial charge in [0.25, 0.3) is 0 Å². The van der Waals surface area contributed by atoms with Crippen molar-refractivity contribution < 1.29 is 19.8 Å². The number of carboxylic acid groups (broad SMARTS) is 1. The van der Waals surface area contributed by atoms with Gasteiger partial charge in [-0.15, -0.1) is 0 Å². The molecule has 0 saturated carbocycles. The van der Waals surface area contributed by atoms with Crippen LogP contribution in [0.25, 0.3) is 0 Å². The molecule has 0 unspecified atom stereocenters. The molecule has 102 valence electrons. The summed E-state index contributed by atoms with van der Waals surface area (Å²) in [5, 5.41) is 22.5. The van der Waals surface area contributed by atoms with Gasteiger partial charge in [0.2, 0.25) is 0 Å². The van der Waals surface area contributed by atoms with E-state index in [1.165, 1.54) is 11.1 Å². The van der Waals surface area contributed by atoms with Crippen molar-refractivity contribution in [2.24, 2.45) is 0 Å². The minimum Gasteiger partial charge on any atom is -0.480 e. The normalized spacial score (nSPS) is 15.6. The van der Waals surface area contributed by atoms with Crippen LogP contribution >= 0.6 is 0 Å². The van der Waals surface area contributed by atoms with Crippen LogP contribution in [0.2, 0.25) is 0 Å². The Balaban J connectivity index is 1.87. The van der Waals surface area contributed by atoms with E-state index in [9.17, 15) is 9.59 Å². The maximum absolute atomic E-state index is 11.6. The van der Waals surface area contributed by atoms with Crippen LogP contribution < -0.4 is 10.6 Å². The number of aliphatic carboxylic acids is 1. The van der Waals surface area contributed by atoms with E-state index in [4.69, 9.17) is 10.2 Å². The molecule has 2 rings (SSSR count). The largest absolute Gasteiger partial charge is 0.480 e. The molecule has 0 heterocycles. The van der Waals surface area contributed by atoms with Gasteiger partial charge in [-0.3, -0.25) is 0 Å². The quantitative estimate of drug-likeness (QED) is 0.610. The lowest BCUT2D eigenvalue weighted by atomic mass is 10.1. The topological polar surface area (TPSA) is 98.7 Å². The highest BCUT2D eigenvalue weighted by Crippen LogP contribution is 2.21. The lowest BCUT2D eigenvalue weighted by Crippen LogP contribution is -2.50. The number of carboxylic acids is 1. The number of rotatable bonds is 4. The minimum atomic E-state index is -1.27. The van der Waals surface area contributed by atoms with Crippen LogP contribution in [0.4, 0.5) is 4.79 Å². The molecular weight excluding hydrogens is 248 g/mol. The molecule has 6 nitrogen and oxygen atoms in total. The monoisotopic (exact) mass is 264 g/mol. The zero-order valence-electron chi connectivity index (χ0n) is 10.3. The highest BCUT2D eigenvalue weighted by atomic mass is 16.4. The van der Waals surface area contributed by atoms with Gasteiger partial charge in [-0.05, 0) is 24.0 Å². The maximum Gasteiger partial charge on any atom is 0.328 e. The zero-order valence-corrected chi connectivity index (χ0v) is 10.3. The lowest BCUT2D eigenvalue weighted by Gasteiger charge is -2.16. The third kappa shape index (κ3) is 3.23. The van der Waals surface area contributed by atoms with Gasteiger partial charge in [-0.2, -0.15) is 0 Å². The van der Waals surface area contributed by atoms with E-state index < -0.39 is 24.6 Å². The zero-order chi connectivity index (χ0) is 13.8. The number of carbonyl (C=O) groups is 2. The average Bonchev–Trinajstić information content (AvgIpc) is 2.77. The molecule has 1 aliphatic carbocycles. The summed E-state index contributed by atoms with van der Waals surface area (Å²) in [6.45, 7) is -0.631. The van der Waals surface area contributed by atoms with E-state index in [0.29, 0.717) is 0 Å². The van der Waals surface area contributed by atoms with E-state index in [-0.39, 0.29) is 6.04 Å². The number of aliphatic hydroxyl groups is 1. The molecule has 0 saturated heterocycles.